The number of rotatable bonds is 4. The Bertz CT molecular complexity index is 392. The molecule has 1 aliphatic carbocycles. The third-order valence-corrected chi connectivity index (χ3v) is 2.86. The fraction of sp³-hybridized carbons (Fsp3) is 0.417. The van der Waals surface area contributed by atoms with Crippen molar-refractivity contribution in [1.82, 2.24) is 0 Å². The quantitative estimate of drug-likeness (QED) is 0.646. The molecule has 1 rings (SSSR count). The van der Waals surface area contributed by atoms with E-state index in [0.717, 1.165) is 6.08 Å². The maximum absolute atomic E-state index is 10.5. The predicted molar refractivity (Wildman–Crippen MR) is 61.3 cm³/mol. The molecule has 0 radical (unpaired) electrons. The van der Waals surface area contributed by atoms with Gasteiger partial charge in [-0.1, -0.05) is 12.2 Å². The van der Waals surface area contributed by atoms with E-state index in [9.17, 15) is 15.0 Å². The van der Waals surface area contributed by atoms with Gasteiger partial charge in [0.2, 0.25) is 0 Å². The average Bonchev–Trinajstić information content (AvgIpc) is 2.28. The molecule has 0 saturated heterocycles. The summed E-state index contributed by atoms with van der Waals surface area (Å²) in [6.07, 6.45) is 4.78. The number of carbonyl (C=O) groups is 1. The number of allylic oxidation sites excluding steroid dienone is 2. The molecule has 0 aromatic carbocycles. The third-order valence-electron chi connectivity index (χ3n) is 2.86. The predicted octanol–water partition coefficient (Wildman–Crippen LogP) is 1.37. The first-order chi connectivity index (χ1) is 7.91. The van der Waals surface area contributed by atoms with Crippen LogP contribution in [0.4, 0.5) is 0 Å². The molecule has 2 unspecified atom stereocenters. The number of aliphatic hydroxyl groups excluding tert-OH is 2. The normalized spacial score (nSPS) is 26.3. The minimum Gasteiger partial charge on any atom is -0.504 e. The van der Waals surface area contributed by atoms with Crippen molar-refractivity contribution in [3.8, 4) is 0 Å². The standard InChI is InChI=1S/C12H16O5/c1-8(13)12(6-4-11(15)16)5-3-9(14)10(7-12)17-2/h3-6,8,13-14H,7H2,1-2H3,(H,15,16). The first-order valence-corrected chi connectivity index (χ1v) is 5.17. The van der Waals surface area contributed by atoms with Crippen LogP contribution in [0.2, 0.25) is 0 Å². The molecular formula is C12H16O5. The lowest BCUT2D eigenvalue weighted by Crippen LogP contribution is -2.32. The lowest BCUT2D eigenvalue weighted by atomic mass is 9.76. The third kappa shape index (κ3) is 2.88. The Labute approximate surface area is 99.3 Å². The molecule has 5 nitrogen and oxygen atoms in total. The fourth-order valence-electron chi connectivity index (χ4n) is 1.70. The van der Waals surface area contributed by atoms with Crippen LogP contribution in [0.1, 0.15) is 13.3 Å². The van der Waals surface area contributed by atoms with Crippen LogP contribution in [0.3, 0.4) is 0 Å². The maximum Gasteiger partial charge on any atom is 0.328 e. The number of hydrogen-bond acceptors (Lipinski definition) is 4. The number of aliphatic carboxylic acids is 1. The molecule has 0 saturated carbocycles. The van der Waals surface area contributed by atoms with Gasteiger partial charge in [0.1, 0.15) is 5.76 Å². The van der Waals surface area contributed by atoms with Crippen molar-refractivity contribution in [2.24, 2.45) is 5.41 Å². The van der Waals surface area contributed by atoms with E-state index in [1.54, 1.807) is 13.0 Å². The Morgan fingerprint density at radius 1 is 1.65 bits per heavy atom. The molecule has 0 amide bonds. The van der Waals surface area contributed by atoms with Gasteiger partial charge in [0.15, 0.2) is 5.76 Å². The summed E-state index contributed by atoms with van der Waals surface area (Å²) >= 11 is 0. The van der Waals surface area contributed by atoms with Gasteiger partial charge in [-0.3, -0.25) is 0 Å². The molecule has 0 aromatic heterocycles. The van der Waals surface area contributed by atoms with Gasteiger partial charge in [0.25, 0.3) is 0 Å². The minimum atomic E-state index is -1.09. The van der Waals surface area contributed by atoms with Crippen LogP contribution in [-0.2, 0) is 9.53 Å². The maximum atomic E-state index is 10.5. The van der Waals surface area contributed by atoms with Crippen LogP contribution < -0.4 is 0 Å². The Balaban J connectivity index is 3.06. The average molecular weight is 240 g/mol. The summed E-state index contributed by atoms with van der Waals surface area (Å²) in [6.45, 7) is 1.56. The van der Waals surface area contributed by atoms with Crippen molar-refractivity contribution in [1.29, 1.82) is 0 Å². The van der Waals surface area contributed by atoms with Crippen LogP contribution in [0, 0.1) is 5.41 Å². The molecule has 0 fully saturated rings. The van der Waals surface area contributed by atoms with Gasteiger partial charge >= 0.3 is 5.97 Å². The Morgan fingerprint density at radius 2 is 2.29 bits per heavy atom. The summed E-state index contributed by atoms with van der Waals surface area (Å²) in [7, 11) is 1.42. The molecular weight excluding hydrogens is 224 g/mol. The molecule has 0 aliphatic heterocycles. The topological polar surface area (TPSA) is 87.0 Å². The van der Waals surface area contributed by atoms with E-state index in [1.807, 2.05) is 0 Å². The second kappa shape index (κ2) is 5.05. The second-order valence-electron chi connectivity index (χ2n) is 3.98. The van der Waals surface area contributed by atoms with Crippen molar-refractivity contribution in [2.45, 2.75) is 19.4 Å². The van der Waals surface area contributed by atoms with Crippen LogP contribution in [-0.4, -0.2) is 34.5 Å². The highest BCUT2D eigenvalue weighted by molar-refractivity contribution is 5.80. The van der Waals surface area contributed by atoms with Crippen LogP contribution in [0.25, 0.3) is 0 Å². The Hall–Kier alpha value is -1.75. The van der Waals surface area contributed by atoms with Crippen molar-refractivity contribution in [2.75, 3.05) is 7.11 Å². The Morgan fingerprint density at radius 3 is 2.76 bits per heavy atom. The molecule has 1 aliphatic rings. The molecule has 0 spiro atoms. The van der Waals surface area contributed by atoms with Crippen molar-refractivity contribution in [3.63, 3.8) is 0 Å². The number of carboxylic acid groups (broad SMARTS) is 1. The van der Waals surface area contributed by atoms with E-state index in [2.05, 4.69) is 0 Å². The van der Waals surface area contributed by atoms with Crippen LogP contribution >= 0.6 is 0 Å². The number of carboxylic acids is 1. The number of hydrogen-bond donors (Lipinski definition) is 3. The number of methoxy groups -OCH3 is 1. The van der Waals surface area contributed by atoms with E-state index in [4.69, 9.17) is 9.84 Å². The lowest BCUT2D eigenvalue weighted by Gasteiger charge is -2.33. The molecule has 17 heavy (non-hydrogen) atoms. The zero-order valence-corrected chi connectivity index (χ0v) is 9.75. The monoisotopic (exact) mass is 240 g/mol. The van der Waals surface area contributed by atoms with E-state index < -0.39 is 17.5 Å². The van der Waals surface area contributed by atoms with E-state index >= 15 is 0 Å². The number of ether oxygens (including phenoxy) is 1. The zero-order chi connectivity index (χ0) is 13.1. The molecule has 0 bridgehead atoms. The summed E-state index contributed by atoms with van der Waals surface area (Å²) in [6, 6.07) is 0. The molecule has 3 N–H and O–H groups in total. The fourth-order valence-corrected chi connectivity index (χ4v) is 1.70. The highest BCUT2D eigenvalue weighted by atomic mass is 16.5. The first kappa shape index (κ1) is 13.3. The minimum absolute atomic E-state index is 0.00694. The van der Waals surface area contributed by atoms with Crippen molar-refractivity contribution >= 4 is 5.97 Å². The van der Waals surface area contributed by atoms with Gasteiger partial charge in [0.05, 0.1) is 13.2 Å². The smallest absolute Gasteiger partial charge is 0.328 e. The summed E-state index contributed by atoms with van der Waals surface area (Å²) in [5.41, 5.74) is -0.865. The molecule has 2 atom stereocenters. The largest absolute Gasteiger partial charge is 0.504 e. The first-order valence-electron chi connectivity index (χ1n) is 5.17. The summed E-state index contributed by atoms with van der Waals surface area (Å²) in [5.74, 6) is -0.771. The van der Waals surface area contributed by atoms with Gasteiger partial charge < -0.3 is 20.1 Å². The lowest BCUT2D eigenvalue weighted by molar-refractivity contribution is -0.131. The molecule has 0 aromatic rings. The van der Waals surface area contributed by atoms with E-state index in [-0.39, 0.29) is 12.2 Å². The van der Waals surface area contributed by atoms with Crippen molar-refractivity contribution < 1.29 is 24.9 Å². The van der Waals surface area contributed by atoms with Gasteiger partial charge in [0, 0.05) is 17.9 Å². The molecule has 94 valence electrons. The second-order valence-corrected chi connectivity index (χ2v) is 3.98. The van der Waals surface area contributed by atoms with Gasteiger partial charge in [-0.15, -0.1) is 0 Å². The van der Waals surface area contributed by atoms with Crippen LogP contribution in [0.15, 0.2) is 35.8 Å². The summed E-state index contributed by atoms with van der Waals surface area (Å²) in [5, 5.41) is 27.9. The number of aliphatic hydroxyl groups is 2. The van der Waals surface area contributed by atoms with Crippen LogP contribution in [0.5, 0.6) is 0 Å². The van der Waals surface area contributed by atoms with E-state index in [0.29, 0.717) is 5.76 Å². The Kier molecular flexibility index (Phi) is 3.96. The highest BCUT2D eigenvalue weighted by Crippen LogP contribution is 2.38. The SMILES string of the molecule is COC1=C(O)C=CC(C=CC(=O)O)(C(C)O)C1. The highest BCUT2D eigenvalue weighted by Gasteiger charge is 2.35. The van der Waals surface area contributed by atoms with Gasteiger partial charge in [-0.2, -0.15) is 0 Å². The van der Waals surface area contributed by atoms with E-state index in [1.165, 1.54) is 19.3 Å². The summed E-state index contributed by atoms with van der Waals surface area (Å²) in [4.78, 5) is 10.5. The zero-order valence-electron chi connectivity index (χ0n) is 9.75. The van der Waals surface area contributed by atoms with Crippen molar-refractivity contribution in [3.05, 3.63) is 35.8 Å². The summed E-state index contributed by atoms with van der Waals surface area (Å²) < 4.78 is 5.00. The van der Waals surface area contributed by atoms with Gasteiger partial charge in [-0.25, -0.2) is 4.79 Å². The molecule has 0 heterocycles. The molecule has 5 heteroatoms. The van der Waals surface area contributed by atoms with Gasteiger partial charge in [-0.05, 0) is 13.0 Å².